The number of para-hydroxylation sites is 2. The molecular formula is C22H21F3N2O5S. The van der Waals surface area contributed by atoms with E-state index in [9.17, 15) is 18.0 Å². The number of hydrogen-bond acceptors (Lipinski definition) is 7. The Morgan fingerprint density at radius 2 is 2.03 bits per heavy atom. The standard InChI is InChI=1S/C22H21F3N2O5S/c1-29-17-6-2-3-7-18(17)31-13-20(28)27(12-15-5-4-10-30-15)21-26-16-9-8-14(11-19(16)33-21)32-22(23,24)25/h2-3,6-9,11,15H,4-5,10,12-13H2,1H3. The minimum absolute atomic E-state index is 0.156. The Balaban J connectivity index is 1.56. The highest BCUT2D eigenvalue weighted by Gasteiger charge is 2.31. The molecule has 0 saturated carbocycles. The van der Waals surface area contributed by atoms with Gasteiger partial charge in [-0.25, -0.2) is 4.98 Å². The van der Waals surface area contributed by atoms with Gasteiger partial charge in [0, 0.05) is 12.7 Å². The number of anilines is 1. The van der Waals surface area contributed by atoms with E-state index in [-0.39, 0.29) is 30.9 Å². The predicted octanol–water partition coefficient (Wildman–Crippen LogP) is 4.79. The Labute approximate surface area is 191 Å². The molecule has 1 aliphatic rings. The highest BCUT2D eigenvalue weighted by atomic mass is 32.1. The summed E-state index contributed by atoms with van der Waals surface area (Å²) in [7, 11) is 1.51. The lowest BCUT2D eigenvalue weighted by Gasteiger charge is -2.23. The van der Waals surface area contributed by atoms with Crippen LogP contribution in [-0.4, -0.2) is 50.2 Å². The van der Waals surface area contributed by atoms with Crippen LogP contribution in [0.3, 0.4) is 0 Å². The van der Waals surface area contributed by atoms with Gasteiger partial charge in [0.1, 0.15) is 5.75 Å². The molecule has 7 nitrogen and oxygen atoms in total. The number of rotatable bonds is 8. The van der Waals surface area contributed by atoms with Crippen LogP contribution in [0.2, 0.25) is 0 Å². The van der Waals surface area contributed by atoms with Crippen molar-refractivity contribution in [2.75, 3.05) is 31.8 Å². The fourth-order valence-electron chi connectivity index (χ4n) is 3.44. The number of benzene rings is 2. The Morgan fingerprint density at radius 3 is 2.73 bits per heavy atom. The van der Waals surface area contributed by atoms with Gasteiger partial charge in [-0.05, 0) is 37.1 Å². The number of aromatic nitrogens is 1. The molecule has 1 aliphatic heterocycles. The lowest BCUT2D eigenvalue weighted by atomic mass is 10.2. The summed E-state index contributed by atoms with van der Waals surface area (Å²) in [5, 5.41) is 0.346. The number of hydrogen-bond donors (Lipinski definition) is 0. The van der Waals surface area contributed by atoms with Crippen molar-refractivity contribution in [1.82, 2.24) is 4.98 Å². The zero-order valence-electron chi connectivity index (χ0n) is 17.6. The van der Waals surface area contributed by atoms with Crippen molar-refractivity contribution < 1.29 is 36.9 Å². The molecule has 0 spiro atoms. The van der Waals surface area contributed by atoms with Crippen LogP contribution in [0.5, 0.6) is 17.2 Å². The number of nitrogens with zero attached hydrogens (tertiary/aromatic N) is 2. The van der Waals surface area contributed by atoms with E-state index in [1.165, 1.54) is 30.2 Å². The minimum atomic E-state index is -4.79. The van der Waals surface area contributed by atoms with E-state index in [1.807, 2.05) is 0 Å². The third-order valence-corrected chi connectivity index (χ3v) is 5.99. The first-order valence-corrected chi connectivity index (χ1v) is 11.0. The van der Waals surface area contributed by atoms with E-state index in [1.54, 1.807) is 24.3 Å². The fraction of sp³-hybridized carbons (Fsp3) is 0.364. The third-order valence-electron chi connectivity index (χ3n) is 4.94. The maximum absolute atomic E-state index is 13.1. The molecule has 4 rings (SSSR count). The van der Waals surface area contributed by atoms with Crippen LogP contribution >= 0.6 is 11.3 Å². The topological polar surface area (TPSA) is 70.1 Å². The summed E-state index contributed by atoms with van der Waals surface area (Å²) in [5.74, 6) is 0.209. The van der Waals surface area contributed by atoms with Crippen LogP contribution in [0.4, 0.5) is 18.3 Å². The number of halogens is 3. The molecule has 0 bridgehead atoms. The van der Waals surface area contributed by atoms with E-state index in [0.717, 1.165) is 24.2 Å². The predicted molar refractivity (Wildman–Crippen MR) is 116 cm³/mol. The maximum atomic E-state index is 13.1. The lowest BCUT2D eigenvalue weighted by Crippen LogP contribution is -2.40. The zero-order chi connectivity index (χ0) is 23.4. The number of carbonyl (C=O) groups is 1. The molecule has 2 aromatic carbocycles. The molecule has 0 radical (unpaired) electrons. The molecule has 176 valence electrons. The van der Waals surface area contributed by atoms with E-state index in [4.69, 9.17) is 14.2 Å². The molecule has 1 amide bonds. The van der Waals surface area contributed by atoms with Gasteiger partial charge in [0.2, 0.25) is 0 Å². The van der Waals surface area contributed by atoms with Crippen LogP contribution in [-0.2, 0) is 9.53 Å². The van der Waals surface area contributed by atoms with Crippen LogP contribution in [0.1, 0.15) is 12.8 Å². The lowest BCUT2D eigenvalue weighted by molar-refractivity contribution is -0.274. The summed E-state index contributed by atoms with van der Waals surface area (Å²) >= 11 is 1.10. The van der Waals surface area contributed by atoms with Crippen LogP contribution in [0.25, 0.3) is 10.2 Å². The van der Waals surface area contributed by atoms with Gasteiger partial charge in [-0.3, -0.25) is 9.69 Å². The maximum Gasteiger partial charge on any atom is 0.573 e. The molecule has 0 aliphatic carbocycles. The molecule has 11 heteroatoms. The van der Waals surface area contributed by atoms with Gasteiger partial charge in [-0.1, -0.05) is 23.5 Å². The molecule has 1 aromatic heterocycles. The first-order chi connectivity index (χ1) is 15.8. The number of amides is 1. The minimum Gasteiger partial charge on any atom is -0.493 e. The molecule has 0 N–H and O–H groups in total. The summed E-state index contributed by atoms with van der Waals surface area (Å²) in [5.41, 5.74) is 0.459. The third kappa shape index (κ3) is 5.85. The molecule has 33 heavy (non-hydrogen) atoms. The van der Waals surface area contributed by atoms with Gasteiger partial charge in [-0.2, -0.15) is 0 Å². The van der Waals surface area contributed by atoms with Gasteiger partial charge in [0.25, 0.3) is 5.91 Å². The fourth-order valence-corrected chi connectivity index (χ4v) is 4.46. The van der Waals surface area contributed by atoms with E-state index >= 15 is 0 Å². The molecule has 1 unspecified atom stereocenters. The van der Waals surface area contributed by atoms with Gasteiger partial charge in [-0.15, -0.1) is 13.2 Å². The van der Waals surface area contributed by atoms with Crippen molar-refractivity contribution in [3.63, 3.8) is 0 Å². The quantitative estimate of drug-likeness (QED) is 0.460. The summed E-state index contributed by atoms with van der Waals surface area (Å²) in [6.07, 6.45) is -3.26. The molecular weight excluding hydrogens is 461 g/mol. The van der Waals surface area contributed by atoms with Gasteiger partial charge < -0.3 is 18.9 Å². The van der Waals surface area contributed by atoms with Gasteiger partial charge >= 0.3 is 6.36 Å². The number of carbonyl (C=O) groups excluding carboxylic acids is 1. The van der Waals surface area contributed by atoms with E-state index in [2.05, 4.69) is 9.72 Å². The van der Waals surface area contributed by atoms with E-state index in [0.29, 0.717) is 33.5 Å². The summed E-state index contributed by atoms with van der Waals surface area (Å²) in [6, 6.07) is 10.8. The zero-order valence-corrected chi connectivity index (χ0v) is 18.4. The number of methoxy groups -OCH3 is 1. The van der Waals surface area contributed by atoms with Crippen molar-refractivity contribution in [1.29, 1.82) is 0 Å². The smallest absolute Gasteiger partial charge is 0.493 e. The van der Waals surface area contributed by atoms with Crippen molar-refractivity contribution in [2.24, 2.45) is 0 Å². The SMILES string of the molecule is COc1ccccc1OCC(=O)N(CC1CCCO1)c1nc2ccc(OC(F)(F)F)cc2s1. The number of thiazole rings is 1. The van der Waals surface area contributed by atoms with E-state index < -0.39 is 6.36 Å². The Hall–Kier alpha value is -3.05. The molecule has 2 heterocycles. The Bertz CT molecular complexity index is 1110. The summed E-state index contributed by atoms with van der Waals surface area (Å²) in [6.45, 7) is 0.605. The monoisotopic (exact) mass is 482 g/mol. The first-order valence-electron chi connectivity index (χ1n) is 10.2. The van der Waals surface area contributed by atoms with Crippen molar-refractivity contribution >= 4 is 32.6 Å². The second-order valence-corrected chi connectivity index (χ2v) is 8.26. The van der Waals surface area contributed by atoms with Gasteiger partial charge in [0.15, 0.2) is 23.2 Å². The summed E-state index contributed by atoms with van der Waals surface area (Å²) < 4.78 is 58.7. The average Bonchev–Trinajstić information content (AvgIpc) is 3.44. The van der Waals surface area contributed by atoms with Crippen LogP contribution < -0.4 is 19.1 Å². The normalized spacial score (nSPS) is 16.1. The van der Waals surface area contributed by atoms with Crippen molar-refractivity contribution in [3.8, 4) is 17.2 Å². The average molecular weight is 482 g/mol. The number of ether oxygens (including phenoxy) is 4. The molecule has 1 saturated heterocycles. The first kappa shape index (κ1) is 23.1. The molecule has 1 atom stereocenters. The molecule has 1 fully saturated rings. The highest BCUT2D eigenvalue weighted by Crippen LogP contribution is 2.34. The van der Waals surface area contributed by atoms with Crippen molar-refractivity contribution in [2.45, 2.75) is 25.3 Å². The van der Waals surface area contributed by atoms with Gasteiger partial charge in [0.05, 0.1) is 30.0 Å². The van der Waals surface area contributed by atoms with Crippen LogP contribution in [0.15, 0.2) is 42.5 Å². The highest BCUT2D eigenvalue weighted by molar-refractivity contribution is 7.22. The largest absolute Gasteiger partial charge is 0.573 e. The second-order valence-electron chi connectivity index (χ2n) is 7.25. The Morgan fingerprint density at radius 1 is 1.24 bits per heavy atom. The molecule has 3 aromatic rings. The number of alkyl halides is 3. The van der Waals surface area contributed by atoms with Crippen molar-refractivity contribution in [3.05, 3.63) is 42.5 Å². The second kappa shape index (κ2) is 9.84. The summed E-state index contributed by atoms with van der Waals surface area (Å²) in [4.78, 5) is 19.0. The Kier molecular flexibility index (Phi) is 6.89. The van der Waals surface area contributed by atoms with Crippen LogP contribution in [0, 0.1) is 0 Å². The number of fused-ring (bicyclic) bond motifs is 1.